The van der Waals surface area contributed by atoms with Gasteiger partial charge in [0, 0.05) is 5.56 Å². The number of ether oxygens (including phenoxy) is 1. The van der Waals surface area contributed by atoms with Gasteiger partial charge in [0.1, 0.15) is 18.2 Å². The third-order valence-corrected chi connectivity index (χ3v) is 3.83. The van der Waals surface area contributed by atoms with E-state index >= 15 is 0 Å². The van der Waals surface area contributed by atoms with Crippen LogP contribution >= 0.6 is 0 Å². The van der Waals surface area contributed by atoms with Crippen molar-refractivity contribution in [1.82, 2.24) is 5.43 Å². The van der Waals surface area contributed by atoms with Gasteiger partial charge in [-0.2, -0.15) is 10.4 Å². The summed E-state index contributed by atoms with van der Waals surface area (Å²) in [6.07, 6.45) is 1.50. The van der Waals surface area contributed by atoms with E-state index in [2.05, 4.69) is 16.6 Å². The number of nitrogens with one attached hydrogen (secondary N) is 1. The standard InChI is InChI=1S/C22H16FN3O2/c23-20-10-8-19(9-11-20)22(27)26-25-14-18-2-1-3-21(12-18)28-15-17-6-4-16(13-24)5-7-17/h1-12,14H,15H2,(H,26,27)/b25-14-. The number of benzene rings is 3. The number of rotatable bonds is 6. The second-order valence-corrected chi connectivity index (χ2v) is 5.88. The van der Waals surface area contributed by atoms with Crippen molar-refractivity contribution in [2.75, 3.05) is 0 Å². The van der Waals surface area contributed by atoms with Crippen molar-refractivity contribution in [2.24, 2.45) is 5.10 Å². The average molecular weight is 373 g/mol. The molecule has 5 nitrogen and oxygen atoms in total. The lowest BCUT2D eigenvalue weighted by Gasteiger charge is -2.07. The maximum absolute atomic E-state index is 12.9. The van der Waals surface area contributed by atoms with Gasteiger partial charge in [0.2, 0.25) is 0 Å². The molecule has 1 amide bonds. The summed E-state index contributed by atoms with van der Waals surface area (Å²) < 4.78 is 18.6. The molecule has 138 valence electrons. The molecule has 6 heteroatoms. The Morgan fingerprint density at radius 1 is 1.11 bits per heavy atom. The van der Waals surface area contributed by atoms with E-state index in [0.29, 0.717) is 23.5 Å². The Kier molecular flexibility index (Phi) is 6.11. The van der Waals surface area contributed by atoms with E-state index in [4.69, 9.17) is 10.00 Å². The normalized spacial score (nSPS) is 10.4. The molecule has 0 bridgehead atoms. The van der Waals surface area contributed by atoms with Gasteiger partial charge in [0.25, 0.3) is 5.91 Å². The number of nitriles is 1. The number of carbonyl (C=O) groups is 1. The van der Waals surface area contributed by atoms with Gasteiger partial charge < -0.3 is 4.74 Å². The molecule has 3 rings (SSSR count). The Hall–Kier alpha value is -3.98. The zero-order chi connectivity index (χ0) is 19.8. The lowest BCUT2D eigenvalue weighted by molar-refractivity contribution is 0.0955. The van der Waals surface area contributed by atoms with E-state index in [1.807, 2.05) is 30.3 Å². The van der Waals surface area contributed by atoms with Gasteiger partial charge in [0.05, 0.1) is 17.8 Å². The van der Waals surface area contributed by atoms with Gasteiger partial charge in [-0.05, 0) is 59.7 Å². The number of amides is 1. The highest BCUT2D eigenvalue weighted by Crippen LogP contribution is 2.14. The molecule has 3 aromatic rings. The van der Waals surface area contributed by atoms with Crippen LogP contribution in [0.15, 0.2) is 77.9 Å². The molecule has 1 N–H and O–H groups in total. The summed E-state index contributed by atoms with van der Waals surface area (Å²) in [6.45, 7) is 0.369. The summed E-state index contributed by atoms with van der Waals surface area (Å²) in [5.41, 5.74) is 5.01. The minimum absolute atomic E-state index is 0.318. The van der Waals surface area contributed by atoms with E-state index in [-0.39, 0.29) is 0 Å². The smallest absolute Gasteiger partial charge is 0.271 e. The van der Waals surface area contributed by atoms with Gasteiger partial charge >= 0.3 is 0 Å². The van der Waals surface area contributed by atoms with Crippen molar-refractivity contribution < 1.29 is 13.9 Å². The van der Waals surface area contributed by atoms with E-state index in [1.54, 1.807) is 18.2 Å². The lowest BCUT2D eigenvalue weighted by Crippen LogP contribution is -2.17. The number of hydrazone groups is 1. The maximum Gasteiger partial charge on any atom is 0.271 e. The molecule has 0 saturated heterocycles. The van der Waals surface area contributed by atoms with Crippen molar-refractivity contribution in [2.45, 2.75) is 6.61 Å². The first-order chi connectivity index (χ1) is 13.6. The first-order valence-corrected chi connectivity index (χ1v) is 8.45. The molecule has 0 heterocycles. The highest BCUT2D eigenvalue weighted by Gasteiger charge is 2.03. The number of nitrogens with zero attached hydrogens (tertiary/aromatic N) is 2. The van der Waals surface area contributed by atoms with E-state index in [1.165, 1.54) is 30.5 Å². The third-order valence-electron chi connectivity index (χ3n) is 3.83. The quantitative estimate of drug-likeness (QED) is 0.523. The fourth-order valence-corrected chi connectivity index (χ4v) is 2.36. The Labute approximate surface area is 161 Å². The molecule has 0 atom stereocenters. The summed E-state index contributed by atoms with van der Waals surface area (Å²) in [5.74, 6) is -0.180. The molecule has 0 aromatic heterocycles. The summed E-state index contributed by atoms with van der Waals surface area (Å²) in [6, 6.07) is 21.7. The lowest BCUT2D eigenvalue weighted by atomic mass is 10.1. The zero-order valence-corrected chi connectivity index (χ0v) is 14.8. The van der Waals surface area contributed by atoms with E-state index in [9.17, 15) is 9.18 Å². The molecule has 0 aliphatic heterocycles. The van der Waals surface area contributed by atoms with Crippen LogP contribution in [-0.2, 0) is 6.61 Å². The second-order valence-electron chi connectivity index (χ2n) is 5.88. The number of hydrogen-bond acceptors (Lipinski definition) is 4. The molecule has 3 aromatic carbocycles. The average Bonchev–Trinajstić information content (AvgIpc) is 2.73. The van der Waals surface area contributed by atoms with Gasteiger partial charge in [-0.15, -0.1) is 0 Å². The molecule has 0 spiro atoms. The van der Waals surface area contributed by atoms with Crippen molar-refractivity contribution in [3.05, 3.63) is 101 Å². The Morgan fingerprint density at radius 3 is 2.57 bits per heavy atom. The monoisotopic (exact) mass is 373 g/mol. The van der Waals surface area contributed by atoms with Crippen LogP contribution in [0.1, 0.15) is 27.0 Å². The highest BCUT2D eigenvalue weighted by molar-refractivity contribution is 5.94. The van der Waals surface area contributed by atoms with Gasteiger partial charge in [-0.1, -0.05) is 24.3 Å². The molecule has 0 unspecified atom stereocenters. The minimum atomic E-state index is -0.426. The molecular weight excluding hydrogens is 357 g/mol. The summed E-state index contributed by atoms with van der Waals surface area (Å²) in [5, 5.41) is 12.7. The predicted molar refractivity (Wildman–Crippen MR) is 103 cm³/mol. The van der Waals surface area contributed by atoms with E-state index < -0.39 is 11.7 Å². The van der Waals surface area contributed by atoms with Crippen molar-refractivity contribution in [1.29, 1.82) is 5.26 Å². The van der Waals surface area contributed by atoms with Gasteiger partial charge in [0.15, 0.2) is 0 Å². The molecular formula is C22H16FN3O2. The Morgan fingerprint density at radius 2 is 1.86 bits per heavy atom. The minimum Gasteiger partial charge on any atom is -0.489 e. The summed E-state index contributed by atoms with van der Waals surface area (Å²) >= 11 is 0. The molecule has 0 fully saturated rings. The third kappa shape index (κ3) is 5.26. The van der Waals surface area contributed by atoms with Crippen LogP contribution in [0.5, 0.6) is 5.75 Å². The largest absolute Gasteiger partial charge is 0.489 e. The second kappa shape index (κ2) is 9.10. The van der Waals surface area contributed by atoms with Gasteiger partial charge in [-0.25, -0.2) is 9.82 Å². The molecule has 0 saturated carbocycles. The highest BCUT2D eigenvalue weighted by atomic mass is 19.1. The SMILES string of the molecule is N#Cc1ccc(COc2cccc(/C=N\NC(=O)c3ccc(F)cc3)c2)cc1. The van der Waals surface area contributed by atoms with Crippen LogP contribution in [0.2, 0.25) is 0 Å². The zero-order valence-electron chi connectivity index (χ0n) is 14.8. The van der Waals surface area contributed by atoms with Crippen molar-refractivity contribution >= 4 is 12.1 Å². The summed E-state index contributed by atoms with van der Waals surface area (Å²) in [4.78, 5) is 11.9. The van der Waals surface area contributed by atoms with Gasteiger partial charge in [-0.3, -0.25) is 4.79 Å². The number of hydrogen-bond donors (Lipinski definition) is 1. The van der Waals surface area contributed by atoms with Crippen LogP contribution in [0, 0.1) is 17.1 Å². The van der Waals surface area contributed by atoms with Crippen LogP contribution in [0.25, 0.3) is 0 Å². The van der Waals surface area contributed by atoms with Crippen LogP contribution in [-0.4, -0.2) is 12.1 Å². The molecule has 0 aliphatic rings. The topological polar surface area (TPSA) is 74.5 Å². The Balaban J connectivity index is 1.56. The van der Waals surface area contributed by atoms with E-state index in [0.717, 1.165) is 11.1 Å². The summed E-state index contributed by atoms with van der Waals surface area (Å²) in [7, 11) is 0. The van der Waals surface area contributed by atoms with Crippen molar-refractivity contribution in [3.8, 4) is 11.8 Å². The molecule has 28 heavy (non-hydrogen) atoms. The number of halogens is 1. The first-order valence-electron chi connectivity index (χ1n) is 8.45. The maximum atomic E-state index is 12.9. The Bertz CT molecular complexity index is 1020. The molecule has 0 radical (unpaired) electrons. The molecule has 0 aliphatic carbocycles. The fourth-order valence-electron chi connectivity index (χ4n) is 2.36. The van der Waals surface area contributed by atoms with Crippen LogP contribution in [0.3, 0.4) is 0 Å². The van der Waals surface area contributed by atoms with Crippen LogP contribution in [0.4, 0.5) is 4.39 Å². The number of carbonyl (C=O) groups excluding carboxylic acids is 1. The fraction of sp³-hybridized carbons (Fsp3) is 0.0455. The first kappa shape index (κ1) is 18.8. The van der Waals surface area contributed by atoms with Crippen LogP contribution < -0.4 is 10.2 Å². The van der Waals surface area contributed by atoms with Crippen molar-refractivity contribution in [3.63, 3.8) is 0 Å². The predicted octanol–water partition coefficient (Wildman–Crippen LogP) is 4.04.